The highest BCUT2D eigenvalue weighted by molar-refractivity contribution is 5.97. The van der Waals surface area contributed by atoms with Crippen LogP contribution in [0.1, 0.15) is 36.8 Å². The van der Waals surface area contributed by atoms with Crippen LogP contribution in [0.4, 0.5) is 18.9 Å². The molecule has 0 saturated carbocycles. The molecule has 2 aliphatic rings. The first-order chi connectivity index (χ1) is 13.4. The zero-order chi connectivity index (χ0) is 20.0. The Bertz CT molecular complexity index is 751. The number of hydrogen-bond donors (Lipinski definition) is 1. The molecule has 1 N–H and O–H groups in total. The van der Waals surface area contributed by atoms with Crippen molar-refractivity contribution in [3.05, 3.63) is 41.5 Å². The number of rotatable bonds is 5. The first kappa shape index (κ1) is 20.6. The normalized spacial score (nSPS) is 18.9. The van der Waals surface area contributed by atoms with Crippen molar-refractivity contribution in [1.82, 2.24) is 4.90 Å². The number of nitrogens with zero attached hydrogens (tertiary/aromatic N) is 1. The standard InChI is InChI=1S/C21H25F3N2O2/c22-21(23,24)20(27)25-19-9-8-16(5-4-10-26-11-13-28-14-12-26)15-18(19)17-6-2-1-3-7-17/h4-6,8-9,15H,1-3,7,10-14H2,(H,25,27). The van der Waals surface area contributed by atoms with Gasteiger partial charge in [0.05, 0.1) is 13.2 Å². The molecule has 1 saturated heterocycles. The van der Waals surface area contributed by atoms with Gasteiger partial charge in [0, 0.05) is 30.9 Å². The van der Waals surface area contributed by atoms with Crippen LogP contribution in [0.2, 0.25) is 0 Å². The molecular formula is C21H25F3N2O2. The predicted molar refractivity (Wildman–Crippen MR) is 104 cm³/mol. The average molecular weight is 394 g/mol. The Morgan fingerprint density at radius 3 is 2.68 bits per heavy atom. The number of morpholine rings is 1. The Balaban J connectivity index is 1.78. The molecule has 152 valence electrons. The molecule has 0 radical (unpaired) electrons. The number of benzene rings is 1. The van der Waals surface area contributed by atoms with E-state index in [-0.39, 0.29) is 5.69 Å². The van der Waals surface area contributed by atoms with Crippen molar-refractivity contribution in [2.24, 2.45) is 0 Å². The minimum atomic E-state index is -4.91. The number of hydrogen-bond acceptors (Lipinski definition) is 3. The van der Waals surface area contributed by atoms with Crippen LogP contribution in [-0.4, -0.2) is 49.8 Å². The van der Waals surface area contributed by atoms with Crippen molar-refractivity contribution >= 4 is 23.2 Å². The number of ether oxygens (including phenoxy) is 1. The highest BCUT2D eigenvalue weighted by atomic mass is 19.4. The van der Waals surface area contributed by atoms with Crippen LogP contribution in [0, 0.1) is 0 Å². The Kier molecular flexibility index (Phi) is 6.91. The lowest BCUT2D eigenvalue weighted by atomic mass is 9.91. The maximum Gasteiger partial charge on any atom is 0.471 e. The number of allylic oxidation sites excluding steroid dienone is 2. The summed E-state index contributed by atoms with van der Waals surface area (Å²) in [6, 6.07) is 5.15. The molecule has 0 bridgehead atoms. The SMILES string of the molecule is O=C(Nc1ccc(C=CCN2CCOCC2)cc1C1=CCCCC1)C(F)(F)F. The van der Waals surface area contributed by atoms with Crippen LogP contribution in [0.25, 0.3) is 11.6 Å². The van der Waals surface area contributed by atoms with Crippen molar-refractivity contribution < 1.29 is 22.7 Å². The van der Waals surface area contributed by atoms with E-state index in [1.54, 1.807) is 12.1 Å². The fourth-order valence-corrected chi connectivity index (χ4v) is 3.44. The van der Waals surface area contributed by atoms with Crippen molar-refractivity contribution in [3.63, 3.8) is 0 Å². The van der Waals surface area contributed by atoms with Crippen molar-refractivity contribution in [2.45, 2.75) is 31.9 Å². The molecule has 0 spiro atoms. The molecule has 1 fully saturated rings. The van der Waals surface area contributed by atoms with E-state index in [1.165, 1.54) is 0 Å². The van der Waals surface area contributed by atoms with Crippen LogP contribution in [-0.2, 0) is 9.53 Å². The smallest absolute Gasteiger partial charge is 0.379 e. The Hall–Kier alpha value is -2.12. The van der Waals surface area contributed by atoms with Gasteiger partial charge in [0.2, 0.25) is 0 Å². The Morgan fingerprint density at radius 2 is 2.00 bits per heavy atom. The highest BCUT2D eigenvalue weighted by Crippen LogP contribution is 2.33. The van der Waals surface area contributed by atoms with Gasteiger partial charge in [0.25, 0.3) is 0 Å². The third-order valence-corrected chi connectivity index (χ3v) is 4.96. The van der Waals surface area contributed by atoms with Gasteiger partial charge in [-0.15, -0.1) is 0 Å². The van der Waals surface area contributed by atoms with E-state index >= 15 is 0 Å². The number of carbonyl (C=O) groups is 1. The van der Waals surface area contributed by atoms with Crippen LogP contribution in [0.15, 0.2) is 30.4 Å². The zero-order valence-corrected chi connectivity index (χ0v) is 15.7. The number of halogens is 3. The molecule has 1 aliphatic carbocycles. The minimum absolute atomic E-state index is 0.209. The maximum absolute atomic E-state index is 12.7. The molecule has 0 atom stereocenters. The molecule has 1 aromatic rings. The molecule has 1 aliphatic heterocycles. The zero-order valence-electron chi connectivity index (χ0n) is 15.7. The summed E-state index contributed by atoms with van der Waals surface area (Å²) in [5, 5.41) is 2.03. The van der Waals surface area contributed by atoms with Gasteiger partial charge in [-0.25, -0.2) is 0 Å². The second-order valence-electron chi connectivity index (χ2n) is 7.05. The Labute approximate surface area is 163 Å². The van der Waals surface area contributed by atoms with Gasteiger partial charge in [-0.05, 0) is 49.0 Å². The lowest BCUT2D eigenvalue weighted by Gasteiger charge is -2.25. The quantitative estimate of drug-likeness (QED) is 0.800. The van der Waals surface area contributed by atoms with Crippen LogP contribution in [0.5, 0.6) is 0 Å². The number of alkyl halides is 3. The van der Waals surface area contributed by atoms with Crippen LogP contribution in [0.3, 0.4) is 0 Å². The van der Waals surface area contributed by atoms with Gasteiger partial charge in [-0.2, -0.15) is 13.2 Å². The maximum atomic E-state index is 12.7. The minimum Gasteiger partial charge on any atom is -0.379 e. The number of anilines is 1. The summed E-state index contributed by atoms with van der Waals surface area (Å²) in [5.41, 5.74) is 2.78. The third kappa shape index (κ3) is 5.69. The summed E-state index contributed by atoms with van der Waals surface area (Å²) in [7, 11) is 0. The van der Waals surface area contributed by atoms with E-state index in [9.17, 15) is 18.0 Å². The van der Waals surface area contributed by atoms with Gasteiger partial charge < -0.3 is 10.1 Å². The number of amides is 1. The summed E-state index contributed by atoms with van der Waals surface area (Å²) in [5.74, 6) is -1.94. The summed E-state index contributed by atoms with van der Waals surface area (Å²) >= 11 is 0. The molecule has 1 heterocycles. The van der Waals surface area contributed by atoms with Gasteiger partial charge in [0.1, 0.15) is 0 Å². The van der Waals surface area contributed by atoms with Gasteiger partial charge in [-0.1, -0.05) is 24.3 Å². The second-order valence-corrected chi connectivity index (χ2v) is 7.05. The molecular weight excluding hydrogens is 369 g/mol. The lowest BCUT2D eigenvalue weighted by Crippen LogP contribution is -2.36. The fraction of sp³-hybridized carbons (Fsp3) is 0.476. The molecule has 1 amide bonds. The lowest BCUT2D eigenvalue weighted by molar-refractivity contribution is -0.167. The molecule has 28 heavy (non-hydrogen) atoms. The molecule has 0 unspecified atom stereocenters. The van der Waals surface area contributed by atoms with E-state index in [1.807, 2.05) is 23.5 Å². The van der Waals surface area contributed by atoms with Crippen molar-refractivity contribution in [2.75, 3.05) is 38.2 Å². The van der Waals surface area contributed by atoms with E-state index < -0.39 is 12.1 Å². The summed E-state index contributed by atoms with van der Waals surface area (Å²) in [6.07, 6.45) is 4.95. The van der Waals surface area contributed by atoms with E-state index in [0.717, 1.165) is 69.7 Å². The third-order valence-electron chi connectivity index (χ3n) is 4.96. The Morgan fingerprint density at radius 1 is 1.21 bits per heavy atom. The van der Waals surface area contributed by atoms with Crippen molar-refractivity contribution in [3.8, 4) is 0 Å². The average Bonchev–Trinajstić information content (AvgIpc) is 2.70. The summed E-state index contributed by atoms with van der Waals surface area (Å²) in [6.45, 7) is 4.06. The van der Waals surface area contributed by atoms with Gasteiger partial charge in [0.15, 0.2) is 0 Å². The monoisotopic (exact) mass is 394 g/mol. The van der Waals surface area contributed by atoms with Crippen molar-refractivity contribution in [1.29, 1.82) is 0 Å². The molecule has 1 aromatic carbocycles. The summed E-state index contributed by atoms with van der Waals surface area (Å²) in [4.78, 5) is 13.7. The fourth-order valence-electron chi connectivity index (χ4n) is 3.44. The largest absolute Gasteiger partial charge is 0.471 e. The molecule has 3 rings (SSSR count). The van der Waals surface area contributed by atoms with Gasteiger partial charge in [-0.3, -0.25) is 9.69 Å². The molecule has 7 heteroatoms. The first-order valence-corrected chi connectivity index (χ1v) is 9.62. The van der Waals surface area contributed by atoms with Crippen LogP contribution < -0.4 is 5.32 Å². The topological polar surface area (TPSA) is 41.6 Å². The predicted octanol–water partition coefficient (Wildman–Crippen LogP) is 4.49. The second kappa shape index (κ2) is 9.39. The summed E-state index contributed by atoms with van der Waals surface area (Å²) < 4.78 is 43.4. The highest BCUT2D eigenvalue weighted by Gasteiger charge is 2.39. The van der Waals surface area contributed by atoms with E-state index in [0.29, 0.717) is 5.56 Å². The first-order valence-electron chi connectivity index (χ1n) is 9.62. The van der Waals surface area contributed by atoms with E-state index in [2.05, 4.69) is 11.0 Å². The van der Waals surface area contributed by atoms with Gasteiger partial charge >= 0.3 is 12.1 Å². The molecule has 0 aromatic heterocycles. The van der Waals surface area contributed by atoms with E-state index in [4.69, 9.17) is 4.74 Å². The number of nitrogens with one attached hydrogen (secondary N) is 1. The number of carbonyl (C=O) groups excluding carboxylic acids is 1. The van der Waals surface area contributed by atoms with Crippen LogP contribution >= 0.6 is 0 Å². The molecule has 4 nitrogen and oxygen atoms in total.